The van der Waals surface area contributed by atoms with E-state index in [0.717, 1.165) is 13.1 Å². The van der Waals surface area contributed by atoms with Crippen molar-refractivity contribution in [3.63, 3.8) is 0 Å². The van der Waals surface area contributed by atoms with Gasteiger partial charge in [0.2, 0.25) is 0 Å². The maximum absolute atomic E-state index is 2.66. The van der Waals surface area contributed by atoms with Gasteiger partial charge in [0.25, 0.3) is 0 Å². The molecule has 162 valence electrons. The molecule has 3 heterocycles. The number of para-hydroxylation sites is 2. The number of hydrogen-bond acceptors (Lipinski definition) is 2. The van der Waals surface area contributed by atoms with E-state index in [4.69, 9.17) is 0 Å². The lowest BCUT2D eigenvalue weighted by molar-refractivity contribution is 0.252. The van der Waals surface area contributed by atoms with E-state index in [0.29, 0.717) is 12.2 Å². The number of fused-ring (bicyclic) bond motifs is 7. The van der Waals surface area contributed by atoms with Crippen molar-refractivity contribution in [1.29, 1.82) is 0 Å². The van der Waals surface area contributed by atoms with Gasteiger partial charge in [0.05, 0.1) is 23.2 Å². The van der Waals surface area contributed by atoms with Crippen LogP contribution >= 0.6 is 0 Å². The minimum Gasteiger partial charge on any atom is -0.347 e. The van der Waals surface area contributed by atoms with E-state index in [2.05, 4.69) is 119 Å². The molecular weight excluding hydrogens is 402 g/mol. The van der Waals surface area contributed by atoms with Gasteiger partial charge in [-0.05, 0) is 60.9 Å². The molecule has 7 rings (SSSR count). The van der Waals surface area contributed by atoms with Crippen molar-refractivity contribution < 1.29 is 0 Å². The lowest BCUT2D eigenvalue weighted by Crippen LogP contribution is -2.35. The highest BCUT2D eigenvalue weighted by molar-refractivity contribution is 6.10. The maximum atomic E-state index is 2.66. The van der Waals surface area contributed by atoms with Crippen LogP contribution in [0.4, 0.5) is 5.69 Å². The first-order valence-corrected chi connectivity index (χ1v) is 11.9. The predicted molar refractivity (Wildman–Crippen MR) is 137 cm³/mol. The van der Waals surface area contributed by atoms with Crippen LogP contribution in [0.15, 0.2) is 91.0 Å². The smallest absolute Gasteiger partial charge is 0.0803 e. The average Bonchev–Trinajstić information content (AvgIpc) is 3.30. The molecule has 0 amide bonds. The summed E-state index contributed by atoms with van der Waals surface area (Å²) in [6.07, 6.45) is 0.376. The average molecular weight is 430 g/mol. The number of benzene rings is 4. The number of rotatable bonds is 2. The summed E-state index contributed by atoms with van der Waals surface area (Å²) in [7, 11) is 0. The van der Waals surface area contributed by atoms with Crippen molar-refractivity contribution in [1.82, 2.24) is 9.47 Å². The summed E-state index contributed by atoms with van der Waals surface area (Å²) < 4.78 is 2.41. The Kier molecular flexibility index (Phi) is 4.00. The normalized spacial score (nSPS) is 21.6. The van der Waals surface area contributed by atoms with Crippen molar-refractivity contribution in [3.8, 4) is 5.69 Å². The van der Waals surface area contributed by atoms with Crippen LogP contribution in [0, 0.1) is 6.92 Å². The summed E-state index contributed by atoms with van der Waals surface area (Å²) >= 11 is 0. The predicted octanol–water partition coefficient (Wildman–Crippen LogP) is 6.82. The molecule has 33 heavy (non-hydrogen) atoms. The van der Waals surface area contributed by atoms with E-state index < -0.39 is 0 Å². The Morgan fingerprint density at radius 1 is 0.758 bits per heavy atom. The van der Waals surface area contributed by atoms with E-state index in [-0.39, 0.29) is 0 Å². The lowest BCUT2D eigenvalue weighted by Gasteiger charge is -2.31. The van der Waals surface area contributed by atoms with E-state index in [1.54, 1.807) is 0 Å². The third-order valence-corrected chi connectivity index (χ3v) is 7.74. The van der Waals surface area contributed by atoms with Gasteiger partial charge in [0.1, 0.15) is 0 Å². The third kappa shape index (κ3) is 2.66. The molecular formula is C30H27N3. The van der Waals surface area contributed by atoms with Crippen LogP contribution in [0.25, 0.3) is 27.5 Å². The first kappa shape index (κ1) is 19.0. The standard InChI is InChI=1S/C30H27N3/c1-20-16-29-26(25-14-8-9-15-27(25)33(29)23-11-4-3-5-12-23)17-28(20)32-21(2)31-18-22-10-6-7-13-24(22)30(32)19-31/h3-17,21,30H,18-19H2,1-2H3. The Labute approximate surface area is 194 Å². The molecule has 1 aromatic heterocycles. The second kappa shape index (κ2) is 6.97. The van der Waals surface area contributed by atoms with Crippen LogP contribution in [0.2, 0.25) is 0 Å². The van der Waals surface area contributed by atoms with Crippen LogP contribution < -0.4 is 4.90 Å². The van der Waals surface area contributed by atoms with Crippen molar-refractivity contribution in [2.75, 3.05) is 11.4 Å². The minimum absolute atomic E-state index is 0.376. The van der Waals surface area contributed by atoms with Gasteiger partial charge < -0.3 is 9.47 Å². The molecule has 3 atom stereocenters. The highest BCUT2D eigenvalue weighted by atomic mass is 15.4. The number of nitrogens with zero attached hydrogens (tertiary/aromatic N) is 3. The fourth-order valence-electron chi connectivity index (χ4n) is 6.18. The largest absolute Gasteiger partial charge is 0.347 e. The SMILES string of the molecule is Cc1cc2c(cc1N1C3CN(Cc4ccccc43)C1C)c1ccccc1n2-c1ccccc1. The zero-order valence-electron chi connectivity index (χ0n) is 19.1. The Balaban J connectivity index is 1.47. The van der Waals surface area contributed by atoms with Gasteiger partial charge in [-0.25, -0.2) is 0 Å². The first-order valence-electron chi connectivity index (χ1n) is 11.9. The summed E-state index contributed by atoms with van der Waals surface area (Å²) in [5.74, 6) is 0. The molecule has 1 fully saturated rings. The number of aryl methyl sites for hydroxylation is 1. The van der Waals surface area contributed by atoms with Crippen molar-refractivity contribution in [2.24, 2.45) is 0 Å². The zero-order valence-corrected chi connectivity index (χ0v) is 19.1. The Morgan fingerprint density at radius 3 is 2.39 bits per heavy atom. The van der Waals surface area contributed by atoms with Crippen LogP contribution in [0.3, 0.4) is 0 Å². The molecule has 0 spiro atoms. The van der Waals surface area contributed by atoms with Gasteiger partial charge in [-0.2, -0.15) is 0 Å². The molecule has 0 N–H and O–H groups in total. The topological polar surface area (TPSA) is 11.4 Å². The summed E-state index contributed by atoms with van der Waals surface area (Å²) in [6, 6.07) is 33.8. The molecule has 2 aliphatic rings. The lowest BCUT2D eigenvalue weighted by atomic mass is 9.96. The van der Waals surface area contributed by atoms with Crippen LogP contribution in [0.1, 0.15) is 29.7 Å². The molecule has 3 heteroatoms. The molecule has 2 aliphatic heterocycles. The monoisotopic (exact) mass is 429 g/mol. The van der Waals surface area contributed by atoms with Crippen LogP contribution in [-0.4, -0.2) is 22.2 Å². The molecule has 0 aliphatic carbocycles. The van der Waals surface area contributed by atoms with E-state index in [9.17, 15) is 0 Å². The Morgan fingerprint density at radius 2 is 1.52 bits per heavy atom. The molecule has 2 bridgehead atoms. The Hall–Kier alpha value is -3.56. The van der Waals surface area contributed by atoms with Crippen molar-refractivity contribution in [3.05, 3.63) is 108 Å². The molecule has 5 aromatic rings. The van der Waals surface area contributed by atoms with Gasteiger partial charge in [0, 0.05) is 35.2 Å². The third-order valence-electron chi connectivity index (χ3n) is 7.74. The van der Waals surface area contributed by atoms with Gasteiger partial charge in [-0.1, -0.05) is 60.7 Å². The number of anilines is 1. The van der Waals surface area contributed by atoms with Gasteiger partial charge >= 0.3 is 0 Å². The van der Waals surface area contributed by atoms with Crippen LogP contribution in [0.5, 0.6) is 0 Å². The fraction of sp³-hybridized carbons (Fsp3) is 0.200. The molecule has 1 saturated heterocycles. The van der Waals surface area contributed by atoms with Crippen molar-refractivity contribution >= 4 is 27.5 Å². The summed E-state index contributed by atoms with van der Waals surface area (Å²) in [6.45, 7) is 6.78. The molecule has 3 unspecified atom stereocenters. The Bertz CT molecular complexity index is 1510. The molecule has 4 aromatic carbocycles. The highest BCUT2D eigenvalue weighted by Gasteiger charge is 2.42. The van der Waals surface area contributed by atoms with Crippen LogP contribution in [-0.2, 0) is 6.54 Å². The van der Waals surface area contributed by atoms with E-state index in [1.165, 1.54) is 49.9 Å². The quantitative estimate of drug-likeness (QED) is 0.305. The fourth-order valence-corrected chi connectivity index (χ4v) is 6.18. The van der Waals surface area contributed by atoms with Crippen molar-refractivity contribution in [2.45, 2.75) is 32.6 Å². The number of aromatic nitrogens is 1. The van der Waals surface area contributed by atoms with Gasteiger partial charge in [0.15, 0.2) is 0 Å². The maximum Gasteiger partial charge on any atom is 0.0803 e. The molecule has 0 radical (unpaired) electrons. The van der Waals surface area contributed by atoms with E-state index in [1.807, 2.05) is 0 Å². The summed E-state index contributed by atoms with van der Waals surface area (Å²) in [5.41, 5.74) is 9.40. The second-order valence-electron chi connectivity index (χ2n) is 9.53. The molecule has 0 saturated carbocycles. The van der Waals surface area contributed by atoms with Gasteiger partial charge in [-0.15, -0.1) is 0 Å². The minimum atomic E-state index is 0.376. The number of hydrogen-bond donors (Lipinski definition) is 0. The summed E-state index contributed by atoms with van der Waals surface area (Å²) in [5, 5.41) is 2.64. The zero-order chi connectivity index (χ0) is 22.1. The highest BCUT2D eigenvalue weighted by Crippen LogP contribution is 2.45. The molecule has 3 nitrogen and oxygen atoms in total. The second-order valence-corrected chi connectivity index (χ2v) is 9.53. The first-order chi connectivity index (χ1) is 16.2. The van der Waals surface area contributed by atoms with E-state index >= 15 is 0 Å². The van der Waals surface area contributed by atoms with Gasteiger partial charge in [-0.3, -0.25) is 4.90 Å². The summed E-state index contributed by atoms with van der Waals surface area (Å²) in [4.78, 5) is 5.28.